The van der Waals surface area contributed by atoms with Gasteiger partial charge in [0.15, 0.2) is 0 Å². The number of rotatable bonds is 6. The summed E-state index contributed by atoms with van der Waals surface area (Å²) in [5, 5.41) is 9.03. The smallest absolute Gasteiger partial charge is 0.122 e. The van der Waals surface area contributed by atoms with Gasteiger partial charge in [0.2, 0.25) is 0 Å². The van der Waals surface area contributed by atoms with E-state index in [2.05, 4.69) is 24.5 Å². The van der Waals surface area contributed by atoms with Crippen molar-refractivity contribution in [3.8, 4) is 6.07 Å². The number of nitrogens with two attached hydrogens (primary N) is 1. The molecule has 1 aromatic rings. The van der Waals surface area contributed by atoms with E-state index >= 15 is 0 Å². The van der Waals surface area contributed by atoms with Crippen molar-refractivity contribution in [1.29, 1.82) is 5.26 Å². The summed E-state index contributed by atoms with van der Waals surface area (Å²) >= 11 is 0. The van der Waals surface area contributed by atoms with Crippen LogP contribution in [0.4, 0.5) is 5.69 Å². The maximum absolute atomic E-state index is 9.03. The van der Waals surface area contributed by atoms with Crippen molar-refractivity contribution in [1.82, 2.24) is 4.57 Å². The molecule has 0 aliphatic carbocycles. The van der Waals surface area contributed by atoms with Crippen molar-refractivity contribution in [3.63, 3.8) is 0 Å². The van der Waals surface area contributed by atoms with Crippen molar-refractivity contribution in [3.05, 3.63) is 17.5 Å². The lowest BCUT2D eigenvalue weighted by Crippen LogP contribution is -2.06. The third-order valence-corrected chi connectivity index (χ3v) is 2.82. The Kier molecular flexibility index (Phi) is 4.91. The Labute approximate surface area is 97.9 Å². The van der Waals surface area contributed by atoms with Gasteiger partial charge >= 0.3 is 0 Å². The number of hydrogen-bond acceptors (Lipinski definition) is 2. The van der Waals surface area contributed by atoms with Crippen LogP contribution in [0.25, 0.3) is 0 Å². The number of hydrogen-bond donors (Lipinski definition) is 1. The predicted molar refractivity (Wildman–Crippen MR) is 67.1 cm³/mol. The molecule has 0 radical (unpaired) electrons. The minimum Gasteiger partial charge on any atom is -0.397 e. The van der Waals surface area contributed by atoms with E-state index in [1.807, 2.05) is 0 Å². The minimum absolute atomic E-state index is 0.700. The van der Waals surface area contributed by atoms with E-state index < -0.39 is 0 Å². The average Bonchev–Trinajstić information content (AvgIpc) is 2.57. The van der Waals surface area contributed by atoms with Gasteiger partial charge in [0.25, 0.3) is 0 Å². The van der Waals surface area contributed by atoms with Crippen molar-refractivity contribution >= 4 is 5.69 Å². The maximum atomic E-state index is 9.03. The van der Waals surface area contributed by atoms with Crippen molar-refractivity contribution in [2.45, 2.75) is 52.5 Å². The van der Waals surface area contributed by atoms with Crippen LogP contribution in [-0.4, -0.2) is 4.57 Å². The molecule has 2 N–H and O–H groups in total. The summed E-state index contributed by atoms with van der Waals surface area (Å²) in [7, 11) is 0. The molecule has 0 aliphatic heterocycles. The Morgan fingerprint density at radius 3 is 2.62 bits per heavy atom. The molecule has 0 spiro atoms. The first-order chi connectivity index (χ1) is 7.74. The zero-order valence-electron chi connectivity index (χ0n) is 10.3. The number of anilines is 1. The normalized spacial score (nSPS) is 10.3. The van der Waals surface area contributed by atoms with Gasteiger partial charge in [-0.3, -0.25) is 0 Å². The Morgan fingerprint density at radius 1 is 1.31 bits per heavy atom. The van der Waals surface area contributed by atoms with E-state index in [9.17, 15) is 0 Å². The number of nitriles is 1. The molecule has 0 bridgehead atoms. The molecule has 16 heavy (non-hydrogen) atoms. The van der Waals surface area contributed by atoms with Crippen LogP contribution in [0.5, 0.6) is 0 Å². The van der Waals surface area contributed by atoms with Gasteiger partial charge in [0.05, 0.1) is 5.69 Å². The highest BCUT2D eigenvalue weighted by atomic mass is 15.0. The van der Waals surface area contributed by atoms with Gasteiger partial charge in [-0.15, -0.1) is 0 Å². The third kappa shape index (κ3) is 2.79. The molecule has 0 aromatic carbocycles. The van der Waals surface area contributed by atoms with Gasteiger partial charge in [-0.25, -0.2) is 0 Å². The lowest BCUT2D eigenvalue weighted by Gasteiger charge is -2.09. The van der Waals surface area contributed by atoms with Gasteiger partial charge in [-0.1, -0.05) is 26.7 Å². The second kappa shape index (κ2) is 6.22. The van der Waals surface area contributed by atoms with Gasteiger partial charge in [0.1, 0.15) is 11.8 Å². The van der Waals surface area contributed by atoms with Crippen LogP contribution in [0, 0.1) is 11.3 Å². The molecule has 0 fully saturated rings. The lowest BCUT2D eigenvalue weighted by molar-refractivity contribution is 0.618. The molecule has 1 aromatic heterocycles. The fourth-order valence-corrected chi connectivity index (χ4v) is 2.00. The monoisotopic (exact) mass is 219 g/mol. The topological polar surface area (TPSA) is 54.7 Å². The van der Waals surface area contributed by atoms with Crippen LogP contribution in [0.3, 0.4) is 0 Å². The zero-order chi connectivity index (χ0) is 12.0. The summed E-state index contributed by atoms with van der Waals surface area (Å²) in [6.07, 6.45) is 5.60. The first kappa shape index (κ1) is 12.6. The largest absolute Gasteiger partial charge is 0.397 e. The Hall–Kier alpha value is -1.43. The zero-order valence-corrected chi connectivity index (χ0v) is 10.3. The summed E-state index contributed by atoms with van der Waals surface area (Å²) in [4.78, 5) is 0. The molecule has 0 aliphatic rings. The van der Waals surface area contributed by atoms with E-state index in [0.29, 0.717) is 5.69 Å². The standard InChI is InChI=1S/C13H21N3/c1-3-5-6-7-13-12(15)9-11(10-14)16(13)8-4-2/h9H,3-8,15H2,1-2H3. The fraction of sp³-hybridized carbons (Fsp3) is 0.615. The summed E-state index contributed by atoms with van der Waals surface area (Å²) in [6.45, 7) is 5.20. The van der Waals surface area contributed by atoms with Crippen LogP contribution in [0.2, 0.25) is 0 Å². The second-order valence-corrected chi connectivity index (χ2v) is 4.15. The molecule has 0 unspecified atom stereocenters. The highest BCUT2D eigenvalue weighted by molar-refractivity contribution is 5.50. The first-order valence-corrected chi connectivity index (χ1v) is 6.12. The lowest BCUT2D eigenvalue weighted by atomic mass is 10.1. The average molecular weight is 219 g/mol. The van der Waals surface area contributed by atoms with E-state index in [0.717, 1.165) is 37.2 Å². The van der Waals surface area contributed by atoms with Crippen LogP contribution in [-0.2, 0) is 13.0 Å². The van der Waals surface area contributed by atoms with Gasteiger partial charge < -0.3 is 10.3 Å². The number of unbranched alkanes of at least 4 members (excludes halogenated alkanes) is 2. The molecule has 88 valence electrons. The van der Waals surface area contributed by atoms with Crippen molar-refractivity contribution in [2.75, 3.05) is 5.73 Å². The summed E-state index contributed by atoms with van der Waals surface area (Å²) in [5.41, 5.74) is 8.58. The Bertz CT molecular complexity index is 371. The third-order valence-electron chi connectivity index (χ3n) is 2.82. The van der Waals surface area contributed by atoms with Crippen LogP contribution in [0.15, 0.2) is 6.07 Å². The number of nitrogen functional groups attached to an aromatic ring is 1. The van der Waals surface area contributed by atoms with E-state index in [-0.39, 0.29) is 0 Å². The first-order valence-electron chi connectivity index (χ1n) is 6.12. The van der Waals surface area contributed by atoms with Crippen LogP contribution >= 0.6 is 0 Å². The Morgan fingerprint density at radius 2 is 2.06 bits per heavy atom. The van der Waals surface area contributed by atoms with Gasteiger partial charge in [0, 0.05) is 12.2 Å². The highest BCUT2D eigenvalue weighted by Crippen LogP contribution is 2.21. The van der Waals surface area contributed by atoms with E-state index in [1.165, 1.54) is 12.8 Å². The Balaban J connectivity index is 2.87. The molecule has 0 amide bonds. The minimum atomic E-state index is 0.700. The van der Waals surface area contributed by atoms with Gasteiger partial charge in [-0.05, 0) is 25.3 Å². The molecule has 0 saturated carbocycles. The fourth-order valence-electron chi connectivity index (χ4n) is 2.00. The molecule has 0 atom stereocenters. The van der Waals surface area contributed by atoms with Crippen LogP contribution < -0.4 is 5.73 Å². The second-order valence-electron chi connectivity index (χ2n) is 4.15. The van der Waals surface area contributed by atoms with Gasteiger partial charge in [-0.2, -0.15) is 5.26 Å². The van der Waals surface area contributed by atoms with E-state index in [4.69, 9.17) is 11.0 Å². The van der Waals surface area contributed by atoms with Crippen molar-refractivity contribution < 1.29 is 0 Å². The van der Waals surface area contributed by atoms with E-state index in [1.54, 1.807) is 6.07 Å². The summed E-state index contributed by atoms with van der Waals surface area (Å²) in [5.74, 6) is 0. The SMILES string of the molecule is CCCCCc1c(N)cc(C#N)n1CCC. The highest BCUT2D eigenvalue weighted by Gasteiger charge is 2.11. The van der Waals surface area contributed by atoms with Crippen molar-refractivity contribution in [2.24, 2.45) is 0 Å². The molecular formula is C13H21N3. The predicted octanol–water partition coefficient (Wildman–Crippen LogP) is 3.08. The van der Waals surface area contributed by atoms with Crippen LogP contribution in [0.1, 0.15) is 50.9 Å². The molecule has 0 saturated heterocycles. The molecule has 3 nitrogen and oxygen atoms in total. The number of nitrogens with zero attached hydrogens (tertiary/aromatic N) is 2. The number of aromatic nitrogens is 1. The summed E-state index contributed by atoms with van der Waals surface area (Å²) in [6, 6.07) is 4.02. The quantitative estimate of drug-likeness (QED) is 0.747. The summed E-state index contributed by atoms with van der Waals surface area (Å²) < 4.78 is 2.07. The molecular weight excluding hydrogens is 198 g/mol. The molecule has 3 heteroatoms. The maximum Gasteiger partial charge on any atom is 0.122 e. The molecule has 1 heterocycles. The molecule has 1 rings (SSSR count).